The van der Waals surface area contributed by atoms with Crippen LogP contribution in [-0.2, 0) is 6.18 Å². The molecule has 12 heteroatoms. The Morgan fingerprint density at radius 1 is 0.974 bits per heavy atom. The second kappa shape index (κ2) is 9.63. The van der Waals surface area contributed by atoms with Crippen LogP contribution in [0.1, 0.15) is 27.3 Å². The van der Waals surface area contributed by atoms with Crippen LogP contribution in [0.3, 0.4) is 0 Å². The van der Waals surface area contributed by atoms with Crippen LogP contribution < -0.4 is 10.6 Å². The molecular weight excluding hydrogens is 513 g/mol. The smallest absolute Gasteiger partial charge is 0.416 e. The third kappa shape index (κ3) is 5.30. The fourth-order valence-electron chi connectivity index (χ4n) is 4.21. The molecule has 0 atom stereocenters. The molecule has 0 fully saturated rings. The van der Waals surface area contributed by atoms with Crippen molar-refractivity contribution in [2.24, 2.45) is 0 Å². The van der Waals surface area contributed by atoms with Gasteiger partial charge >= 0.3 is 18.2 Å². The van der Waals surface area contributed by atoms with E-state index in [4.69, 9.17) is 0 Å². The van der Waals surface area contributed by atoms with Crippen molar-refractivity contribution in [1.29, 1.82) is 0 Å². The molecule has 3 aromatic carbocycles. The Kier molecular flexibility index (Phi) is 6.30. The van der Waals surface area contributed by atoms with Crippen molar-refractivity contribution in [3.05, 3.63) is 89.6 Å². The summed E-state index contributed by atoms with van der Waals surface area (Å²) in [5.41, 5.74) is 3.12. The van der Waals surface area contributed by atoms with Crippen molar-refractivity contribution in [3.8, 4) is 16.8 Å². The summed E-state index contributed by atoms with van der Waals surface area (Å²) in [6.07, 6.45) is -1.65. The van der Waals surface area contributed by atoms with Crippen molar-refractivity contribution in [2.75, 3.05) is 10.6 Å². The SMILES string of the molecule is Cc1cn(-c2cc(NC(=O)Nc3ccc(C)c(-c4ccc5c(C(=O)O)n[nH]c5c4)c3)cc(C(F)(F)F)c2)cn1. The highest BCUT2D eigenvalue weighted by Gasteiger charge is 2.31. The number of alkyl halides is 3. The number of imidazole rings is 1. The van der Waals surface area contributed by atoms with E-state index in [9.17, 15) is 27.9 Å². The van der Waals surface area contributed by atoms with Gasteiger partial charge in [-0.3, -0.25) is 5.10 Å². The van der Waals surface area contributed by atoms with E-state index < -0.39 is 23.7 Å². The molecular formula is C27H21F3N6O3. The predicted molar refractivity (Wildman–Crippen MR) is 139 cm³/mol. The van der Waals surface area contributed by atoms with E-state index in [2.05, 4.69) is 25.8 Å². The summed E-state index contributed by atoms with van der Waals surface area (Å²) in [6, 6.07) is 12.9. The van der Waals surface area contributed by atoms with E-state index in [1.165, 1.54) is 17.0 Å². The van der Waals surface area contributed by atoms with Gasteiger partial charge in [0.15, 0.2) is 5.69 Å². The van der Waals surface area contributed by atoms with Crippen molar-refractivity contribution in [2.45, 2.75) is 20.0 Å². The molecule has 0 aliphatic rings. The molecule has 0 spiro atoms. The van der Waals surface area contributed by atoms with E-state index >= 15 is 0 Å². The molecule has 2 amide bonds. The molecule has 5 aromatic rings. The van der Waals surface area contributed by atoms with Crippen LogP contribution in [0.4, 0.5) is 29.3 Å². The van der Waals surface area contributed by atoms with Gasteiger partial charge in [-0.25, -0.2) is 14.6 Å². The normalized spacial score (nSPS) is 11.5. The number of nitrogens with one attached hydrogen (secondary N) is 3. The van der Waals surface area contributed by atoms with Gasteiger partial charge in [-0.05, 0) is 73.0 Å². The number of H-pyrrole nitrogens is 1. The van der Waals surface area contributed by atoms with Gasteiger partial charge in [0, 0.05) is 28.6 Å². The zero-order chi connectivity index (χ0) is 27.9. The molecule has 198 valence electrons. The number of rotatable bonds is 5. The molecule has 2 aromatic heterocycles. The maximum atomic E-state index is 13.5. The number of aromatic amines is 1. The topological polar surface area (TPSA) is 125 Å². The van der Waals surface area contributed by atoms with Crippen molar-refractivity contribution < 1.29 is 27.9 Å². The second-order valence-corrected chi connectivity index (χ2v) is 8.94. The van der Waals surface area contributed by atoms with Gasteiger partial charge in [0.05, 0.1) is 23.1 Å². The Balaban J connectivity index is 1.40. The standard InChI is InChI=1S/C27H21F3N6O3/c1-14-3-5-18(11-22(14)16-4-6-21-23(7-16)34-35-24(21)25(37)38)32-26(39)33-19-8-17(27(28,29)30)9-20(10-19)36-12-15(2)31-13-36/h3-13H,1-2H3,(H,34,35)(H,37,38)(H2,32,33,39). The molecule has 0 unspecified atom stereocenters. The largest absolute Gasteiger partial charge is 0.476 e. The van der Waals surface area contributed by atoms with E-state index in [0.29, 0.717) is 22.3 Å². The van der Waals surface area contributed by atoms with Crippen molar-refractivity contribution >= 4 is 34.3 Å². The number of hydrogen-bond donors (Lipinski definition) is 4. The van der Waals surface area contributed by atoms with Gasteiger partial charge in [0.2, 0.25) is 0 Å². The maximum Gasteiger partial charge on any atom is 0.416 e. The number of carboxylic acid groups (broad SMARTS) is 1. The summed E-state index contributed by atoms with van der Waals surface area (Å²) in [6.45, 7) is 3.59. The van der Waals surface area contributed by atoms with Crippen molar-refractivity contribution in [1.82, 2.24) is 19.7 Å². The number of amides is 2. The van der Waals surface area contributed by atoms with E-state index in [0.717, 1.165) is 28.8 Å². The van der Waals surface area contributed by atoms with Crippen LogP contribution in [0.25, 0.3) is 27.7 Å². The first-order chi connectivity index (χ1) is 18.5. The third-order valence-corrected chi connectivity index (χ3v) is 6.08. The third-order valence-electron chi connectivity index (χ3n) is 6.08. The first kappa shape index (κ1) is 25.5. The van der Waals surface area contributed by atoms with Crippen molar-refractivity contribution in [3.63, 3.8) is 0 Å². The van der Waals surface area contributed by atoms with Crippen LogP contribution in [0.5, 0.6) is 0 Å². The number of carbonyl (C=O) groups is 2. The van der Waals surface area contributed by atoms with Crippen LogP contribution in [0, 0.1) is 13.8 Å². The minimum Gasteiger partial charge on any atom is -0.476 e. The second-order valence-electron chi connectivity index (χ2n) is 8.94. The average Bonchev–Trinajstić information content (AvgIpc) is 3.50. The molecule has 0 saturated carbocycles. The molecule has 9 nitrogen and oxygen atoms in total. The van der Waals surface area contributed by atoms with Crippen LogP contribution in [0.2, 0.25) is 0 Å². The number of aromatic nitrogens is 4. The fourth-order valence-corrected chi connectivity index (χ4v) is 4.21. The number of carbonyl (C=O) groups excluding carboxylic acids is 1. The first-order valence-electron chi connectivity index (χ1n) is 11.6. The lowest BCUT2D eigenvalue weighted by atomic mass is 9.98. The Bertz CT molecular complexity index is 1740. The number of hydrogen-bond acceptors (Lipinski definition) is 4. The minimum atomic E-state index is -4.62. The lowest BCUT2D eigenvalue weighted by Gasteiger charge is -2.15. The number of benzene rings is 3. The van der Waals surface area contributed by atoms with Gasteiger partial charge in [-0.15, -0.1) is 0 Å². The molecule has 0 aliphatic carbocycles. The molecule has 0 radical (unpaired) electrons. The highest BCUT2D eigenvalue weighted by Crippen LogP contribution is 2.33. The summed E-state index contributed by atoms with van der Waals surface area (Å²) < 4.78 is 42.1. The zero-order valence-corrected chi connectivity index (χ0v) is 20.6. The number of urea groups is 1. The highest BCUT2D eigenvalue weighted by atomic mass is 19.4. The Morgan fingerprint density at radius 3 is 2.44 bits per heavy atom. The molecule has 5 rings (SSSR count). The fraction of sp³-hybridized carbons (Fsp3) is 0.111. The van der Waals surface area contributed by atoms with Gasteiger partial charge in [-0.1, -0.05) is 12.1 Å². The summed E-state index contributed by atoms with van der Waals surface area (Å²) in [5, 5.41) is 21.4. The Labute approximate surface area is 219 Å². The Hall–Kier alpha value is -5.13. The number of fused-ring (bicyclic) bond motifs is 1. The van der Waals surface area contributed by atoms with E-state index in [1.54, 1.807) is 49.5 Å². The minimum absolute atomic E-state index is 0.0463. The lowest BCUT2D eigenvalue weighted by Crippen LogP contribution is -2.20. The average molecular weight is 534 g/mol. The monoisotopic (exact) mass is 534 g/mol. The first-order valence-corrected chi connectivity index (χ1v) is 11.6. The number of anilines is 2. The van der Waals surface area contributed by atoms with Gasteiger partial charge in [-0.2, -0.15) is 18.3 Å². The maximum absolute atomic E-state index is 13.5. The van der Waals surface area contributed by atoms with Gasteiger partial charge in [0.25, 0.3) is 0 Å². The summed E-state index contributed by atoms with van der Waals surface area (Å²) in [7, 11) is 0. The lowest BCUT2D eigenvalue weighted by molar-refractivity contribution is -0.137. The molecule has 0 bridgehead atoms. The molecule has 0 aliphatic heterocycles. The highest BCUT2D eigenvalue weighted by molar-refractivity contribution is 6.02. The molecule has 39 heavy (non-hydrogen) atoms. The van der Waals surface area contributed by atoms with Crippen LogP contribution >= 0.6 is 0 Å². The zero-order valence-electron chi connectivity index (χ0n) is 20.6. The molecule has 4 N–H and O–H groups in total. The summed E-state index contributed by atoms with van der Waals surface area (Å²) >= 11 is 0. The molecule has 0 saturated heterocycles. The summed E-state index contributed by atoms with van der Waals surface area (Å²) in [5.74, 6) is -1.14. The van der Waals surface area contributed by atoms with E-state index in [1.807, 2.05) is 6.92 Å². The van der Waals surface area contributed by atoms with Gasteiger partial charge < -0.3 is 20.3 Å². The number of halogens is 3. The summed E-state index contributed by atoms with van der Waals surface area (Å²) in [4.78, 5) is 28.2. The molecule has 2 heterocycles. The Morgan fingerprint density at radius 2 is 1.74 bits per heavy atom. The number of aryl methyl sites for hydroxylation is 2. The van der Waals surface area contributed by atoms with Crippen LogP contribution in [-0.4, -0.2) is 36.9 Å². The van der Waals surface area contributed by atoms with Gasteiger partial charge in [0.1, 0.15) is 0 Å². The van der Waals surface area contributed by atoms with E-state index in [-0.39, 0.29) is 17.1 Å². The predicted octanol–water partition coefficient (Wildman–Crippen LogP) is 6.39. The number of aromatic carboxylic acids is 1. The quantitative estimate of drug-likeness (QED) is 0.208. The number of carboxylic acids is 1. The van der Waals surface area contributed by atoms with Crippen LogP contribution in [0.15, 0.2) is 67.1 Å². The number of nitrogens with zero attached hydrogens (tertiary/aromatic N) is 3.